The van der Waals surface area contributed by atoms with Gasteiger partial charge in [-0.2, -0.15) is 0 Å². The van der Waals surface area contributed by atoms with Crippen molar-refractivity contribution in [2.45, 2.75) is 71.9 Å². The summed E-state index contributed by atoms with van der Waals surface area (Å²) in [6, 6.07) is 1.48. The van der Waals surface area contributed by atoms with Crippen molar-refractivity contribution in [3.63, 3.8) is 0 Å². The molecule has 2 heteroatoms. The van der Waals surface area contributed by atoms with Gasteiger partial charge in [0.2, 0.25) is 0 Å². The zero-order chi connectivity index (χ0) is 13.8. The van der Waals surface area contributed by atoms with E-state index in [-0.39, 0.29) is 0 Å². The molecule has 0 amide bonds. The Labute approximate surface area is 120 Å². The fraction of sp³-hybridized carbons (Fsp3) is 1.00. The Morgan fingerprint density at radius 2 is 1.79 bits per heavy atom. The molecule has 0 radical (unpaired) electrons. The van der Waals surface area contributed by atoms with E-state index in [1.54, 1.807) is 0 Å². The zero-order valence-electron chi connectivity index (χ0n) is 13.5. The van der Waals surface area contributed by atoms with Crippen molar-refractivity contribution in [3.8, 4) is 0 Å². The predicted octanol–water partition coefficient (Wildman–Crippen LogP) is 3.52. The van der Waals surface area contributed by atoms with Crippen molar-refractivity contribution in [1.82, 2.24) is 10.2 Å². The molecule has 1 aliphatic carbocycles. The summed E-state index contributed by atoms with van der Waals surface area (Å²) in [5, 5.41) is 3.67. The number of hydrogen-bond donors (Lipinski definition) is 1. The first-order valence-corrected chi connectivity index (χ1v) is 8.61. The van der Waals surface area contributed by atoms with Gasteiger partial charge < -0.3 is 5.32 Å². The summed E-state index contributed by atoms with van der Waals surface area (Å²) in [7, 11) is 0. The lowest BCUT2D eigenvalue weighted by Gasteiger charge is -2.45. The highest BCUT2D eigenvalue weighted by Gasteiger charge is 2.34. The summed E-state index contributed by atoms with van der Waals surface area (Å²) in [4.78, 5) is 2.78. The molecule has 1 N–H and O–H groups in total. The van der Waals surface area contributed by atoms with Crippen molar-refractivity contribution in [3.05, 3.63) is 0 Å². The molecule has 112 valence electrons. The number of hydrogen-bond acceptors (Lipinski definition) is 2. The van der Waals surface area contributed by atoms with Gasteiger partial charge in [0.05, 0.1) is 0 Å². The fourth-order valence-corrected chi connectivity index (χ4v) is 4.21. The molecular weight excluding hydrogens is 232 g/mol. The van der Waals surface area contributed by atoms with Crippen LogP contribution in [0.1, 0.15) is 59.8 Å². The summed E-state index contributed by atoms with van der Waals surface area (Å²) < 4.78 is 0. The third-order valence-electron chi connectivity index (χ3n) is 5.92. The number of rotatable bonds is 4. The van der Waals surface area contributed by atoms with Gasteiger partial charge in [-0.25, -0.2) is 0 Å². The summed E-state index contributed by atoms with van der Waals surface area (Å²) in [6.07, 6.45) is 7.19. The van der Waals surface area contributed by atoms with Crippen LogP contribution in [0.3, 0.4) is 0 Å². The first-order chi connectivity index (χ1) is 9.13. The van der Waals surface area contributed by atoms with Crippen LogP contribution in [0.15, 0.2) is 0 Å². The largest absolute Gasteiger partial charge is 0.314 e. The molecule has 2 fully saturated rings. The maximum Gasteiger partial charge on any atom is 0.0120 e. The number of piperidine rings is 1. The van der Waals surface area contributed by atoms with E-state index in [1.165, 1.54) is 45.2 Å². The molecule has 0 bridgehead atoms. The van der Waals surface area contributed by atoms with Gasteiger partial charge in [0, 0.05) is 18.6 Å². The lowest BCUT2D eigenvalue weighted by Crippen LogP contribution is -2.54. The molecular formula is C17H34N2. The SMILES string of the molecule is CCNC1CCN(CC2CCCCC2C)C(C)C1C. The van der Waals surface area contributed by atoms with Crippen LogP contribution >= 0.6 is 0 Å². The van der Waals surface area contributed by atoms with Gasteiger partial charge in [0.1, 0.15) is 0 Å². The van der Waals surface area contributed by atoms with Gasteiger partial charge in [0.25, 0.3) is 0 Å². The average Bonchev–Trinajstić information content (AvgIpc) is 2.41. The maximum absolute atomic E-state index is 3.67. The van der Waals surface area contributed by atoms with E-state index in [0.29, 0.717) is 0 Å². The van der Waals surface area contributed by atoms with E-state index < -0.39 is 0 Å². The van der Waals surface area contributed by atoms with Gasteiger partial charge >= 0.3 is 0 Å². The normalized spacial score (nSPS) is 41.4. The molecule has 0 aromatic carbocycles. The van der Waals surface area contributed by atoms with E-state index in [4.69, 9.17) is 0 Å². The van der Waals surface area contributed by atoms with Crippen LogP contribution in [0.25, 0.3) is 0 Å². The van der Waals surface area contributed by atoms with E-state index in [9.17, 15) is 0 Å². The first-order valence-electron chi connectivity index (χ1n) is 8.61. The topological polar surface area (TPSA) is 15.3 Å². The Bertz CT molecular complexity index is 266. The Morgan fingerprint density at radius 1 is 1.05 bits per heavy atom. The van der Waals surface area contributed by atoms with Crippen molar-refractivity contribution < 1.29 is 0 Å². The minimum Gasteiger partial charge on any atom is -0.314 e. The molecule has 1 saturated heterocycles. The predicted molar refractivity (Wildman–Crippen MR) is 83.4 cm³/mol. The molecule has 5 atom stereocenters. The van der Waals surface area contributed by atoms with E-state index in [0.717, 1.165) is 36.4 Å². The fourth-order valence-electron chi connectivity index (χ4n) is 4.21. The standard InChI is InChI=1S/C17H34N2/c1-5-18-17-10-11-19(15(4)14(17)3)12-16-9-7-6-8-13(16)2/h13-18H,5-12H2,1-4H3. The third kappa shape index (κ3) is 3.72. The number of nitrogens with one attached hydrogen (secondary N) is 1. The van der Waals surface area contributed by atoms with E-state index in [1.807, 2.05) is 0 Å². The van der Waals surface area contributed by atoms with Crippen LogP contribution in [0.5, 0.6) is 0 Å². The van der Waals surface area contributed by atoms with Gasteiger partial charge in [0.15, 0.2) is 0 Å². The molecule has 2 aliphatic rings. The molecule has 2 nitrogen and oxygen atoms in total. The Kier molecular flexibility index (Phi) is 5.70. The monoisotopic (exact) mass is 266 g/mol. The number of likely N-dealkylation sites (tertiary alicyclic amines) is 1. The highest BCUT2D eigenvalue weighted by atomic mass is 15.2. The molecule has 0 aromatic rings. The van der Waals surface area contributed by atoms with Crippen LogP contribution in [0.4, 0.5) is 0 Å². The molecule has 2 rings (SSSR count). The van der Waals surface area contributed by atoms with Gasteiger partial charge in [-0.05, 0) is 50.6 Å². The quantitative estimate of drug-likeness (QED) is 0.837. The van der Waals surface area contributed by atoms with E-state index in [2.05, 4.69) is 37.9 Å². The van der Waals surface area contributed by atoms with Gasteiger partial charge in [-0.15, -0.1) is 0 Å². The molecule has 0 aromatic heterocycles. The molecule has 19 heavy (non-hydrogen) atoms. The van der Waals surface area contributed by atoms with Crippen molar-refractivity contribution in [2.75, 3.05) is 19.6 Å². The minimum atomic E-state index is 0.736. The maximum atomic E-state index is 3.67. The summed E-state index contributed by atoms with van der Waals surface area (Å²) in [6.45, 7) is 13.4. The number of nitrogens with zero attached hydrogens (tertiary/aromatic N) is 1. The van der Waals surface area contributed by atoms with Crippen molar-refractivity contribution in [2.24, 2.45) is 17.8 Å². The lowest BCUT2D eigenvalue weighted by molar-refractivity contribution is 0.0534. The van der Waals surface area contributed by atoms with Gasteiger partial charge in [-0.1, -0.05) is 40.0 Å². The molecule has 5 unspecified atom stereocenters. The smallest absolute Gasteiger partial charge is 0.0120 e. The second-order valence-electron chi connectivity index (χ2n) is 7.07. The van der Waals surface area contributed by atoms with Crippen LogP contribution in [0, 0.1) is 17.8 Å². The molecule has 0 spiro atoms. The van der Waals surface area contributed by atoms with Crippen molar-refractivity contribution >= 4 is 0 Å². The Hall–Kier alpha value is -0.0800. The molecule has 1 saturated carbocycles. The highest BCUT2D eigenvalue weighted by Crippen LogP contribution is 2.32. The summed E-state index contributed by atoms with van der Waals surface area (Å²) in [5.41, 5.74) is 0. The van der Waals surface area contributed by atoms with Crippen LogP contribution in [-0.4, -0.2) is 36.6 Å². The average molecular weight is 266 g/mol. The summed E-state index contributed by atoms with van der Waals surface area (Å²) >= 11 is 0. The third-order valence-corrected chi connectivity index (χ3v) is 5.92. The minimum absolute atomic E-state index is 0.736. The van der Waals surface area contributed by atoms with Crippen LogP contribution in [-0.2, 0) is 0 Å². The zero-order valence-corrected chi connectivity index (χ0v) is 13.5. The van der Waals surface area contributed by atoms with E-state index >= 15 is 0 Å². The highest BCUT2D eigenvalue weighted by molar-refractivity contribution is 4.90. The van der Waals surface area contributed by atoms with Crippen molar-refractivity contribution in [1.29, 1.82) is 0 Å². The van der Waals surface area contributed by atoms with Crippen LogP contribution < -0.4 is 5.32 Å². The second kappa shape index (κ2) is 7.08. The molecule has 1 aliphatic heterocycles. The first kappa shape index (κ1) is 15.3. The lowest BCUT2D eigenvalue weighted by atomic mass is 9.79. The van der Waals surface area contributed by atoms with Gasteiger partial charge in [-0.3, -0.25) is 4.90 Å². The summed E-state index contributed by atoms with van der Waals surface area (Å²) in [5.74, 6) is 2.69. The van der Waals surface area contributed by atoms with Crippen LogP contribution in [0.2, 0.25) is 0 Å². The Balaban J connectivity index is 1.87. The Morgan fingerprint density at radius 3 is 2.47 bits per heavy atom. The second-order valence-corrected chi connectivity index (χ2v) is 7.07. The molecule has 1 heterocycles.